The summed E-state index contributed by atoms with van der Waals surface area (Å²) in [5, 5.41) is 16.4. The van der Waals surface area contributed by atoms with E-state index in [9.17, 15) is 23.3 Å². The van der Waals surface area contributed by atoms with Gasteiger partial charge in [-0.3, -0.25) is 14.9 Å². The normalized spacial score (nSPS) is 11.0. The number of anilines is 1. The number of rotatable bonds is 8. The van der Waals surface area contributed by atoms with E-state index in [4.69, 9.17) is 0 Å². The van der Waals surface area contributed by atoms with Gasteiger partial charge in [-0.2, -0.15) is 0 Å². The average molecular weight is 377 g/mol. The number of non-ortho nitro benzene ring substituents is 1. The van der Waals surface area contributed by atoms with Crippen molar-refractivity contribution >= 4 is 27.1 Å². The van der Waals surface area contributed by atoms with Crippen LogP contribution < -0.4 is 10.6 Å². The lowest BCUT2D eigenvalue weighted by molar-refractivity contribution is -0.384. The van der Waals surface area contributed by atoms with Crippen LogP contribution in [0.2, 0.25) is 0 Å². The van der Waals surface area contributed by atoms with Crippen molar-refractivity contribution in [2.75, 3.05) is 24.7 Å². The molecule has 2 N–H and O–H groups in total. The van der Waals surface area contributed by atoms with Gasteiger partial charge in [0.1, 0.15) is 0 Å². The van der Waals surface area contributed by atoms with Crippen LogP contribution in [-0.4, -0.2) is 38.6 Å². The fraction of sp³-hybridized carbons (Fsp3) is 0.235. The molecule has 0 aliphatic carbocycles. The van der Waals surface area contributed by atoms with Gasteiger partial charge in [0.05, 0.1) is 10.7 Å². The van der Waals surface area contributed by atoms with Crippen LogP contribution in [0.4, 0.5) is 11.4 Å². The van der Waals surface area contributed by atoms with E-state index in [1.807, 2.05) is 0 Å². The Hall–Kier alpha value is -2.94. The molecule has 26 heavy (non-hydrogen) atoms. The number of carbonyl (C=O) groups is 1. The number of nitro groups is 1. The number of amides is 1. The Morgan fingerprint density at radius 2 is 1.81 bits per heavy atom. The van der Waals surface area contributed by atoms with Gasteiger partial charge in [0.25, 0.3) is 11.6 Å². The van der Waals surface area contributed by atoms with Gasteiger partial charge in [-0.1, -0.05) is 12.1 Å². The summed E-state index contributed by atoms with van der Waals surface area (Å²) in [7, 11) is -3.16. The molecule has 138 valence electrons. The van der Waals surface area contributed by atoms with E-state index in [0.29, 0.717) is 29.9 Å². The molecular weight excluding hydrogens is 358 g/mol. The van der Waals surface area contributed by atoms with Crippen molar-refractivity contribution in [3.8, 4) is 0 Å². The Kier molecular flexibility index (Phi) is 6.29. The van der Waals surface area contributed by atoms with Crippen LogP contribution in [0.3, 0.4) is 0 Å². The highest BCUT2D eigenvalue weighted by molar-refractivity contribution is 7.89. The van der Waals surface area contributed by atoms with Gasteiger partial charge < -0.3 is 10.6 Å². The molecule has 8 nitrogen and oxygen atoms in total. The van der Waals surface area contributed by atoms with Crippen LogP contribution in [0, 0.1) is 10.1 Å². The van der Waals surface area contributed by atoms with E-state index in [1.54, 1.807) is 36.4 Å². The number of hydrogen-bond acceptors (Lipinski definition) is 6. The minimum Gasteiger partial charge on any atom is -0.383 e. The van der Waals surface area contributed by atoms with Crippen molar-refractivity contribution in [2.24, 2.45) is 0 Å². The summed E-state index contributed by atoms with van der Waals surface area (Å²) >= 11 is 0. The van der Waals surface area contributed by atoms with Gasteiger partial charge >= 0.3 is 0 Å². The van der Waals surface area contributed by atoms with Gasteiger partial charge in [-0.25, -0.2) is 8.42 Å². The van der Waals surface area contributed by atoms with Crippen molar-refractivity contribution in [1.82, 2.24) is 5.32 Å². The molecule has 2 rings (SSSR count). The maximum absolute atomic E-state index is 12.1. The molecule has 0 saturated heterocycles. The van der Waals surface area contributed by atoms with E-state index < -0.39 is 14.8 Å². The summed E-state index contributed by atoms with van der Waals surface area (Å²) in [6, 6.07) is 12.5. The maximum atomic E-state index is 12.1. The topological polar surface area (TPSA) is 118 Å². The van der Waals surface area contributed by atoms with Crippen molar-refractivity contribution < 1.29 is 18.1 Å². The van der Waals surface area contributed by atoms with E-state index in [-0.39, 0.29) is 17.3 Å². The lowest BCUT2D eigenvalue weighted by Crippen LogP contribution is -2.28. The van der Waals surface area contributed by atoms with Gasteiger partial charge in [0, 0.05) is 42.7 Å². The lowest BCUT2D eigenvalue weighted by atomic mass is 10.1. The highest BCUT2D eigenvalue weighted by Crippen LogP contribution is 2.15. The molecule has 0 bridgehead atoms. The zero-order chi connectivity index (χ0) is 19.2. The Morgan fingerprint density at radius 1 is 1.12 bits per heavy atom. The quantitative estimate of drug-likeness (QED) is 0.412. The third kappa shape index (κ3) is 6.17. The van der Waals surface area contributed by atoms with Gasteiger partial charge in [0.2, 0.25) is 0 Å². The molecule has 0 spiro atoms. The Labute approximate surface area is 151 Å². The second-order valence-corrected chi connectivity index (χ2v) is 7.90. The summed E-state index contributed by atoms with van der Waals surface area (Å²) in [6.45, 7) is 0.776. The van der Waals surface area contributed by atoms with Crippen LogP contribution in [0.1, 0.15) is 15.9 Å². The molecule has 2 aromatic carbocycles. The number of nitrogens with one attached hydrogen (secondary N) is 2. The molecule has 0 unspecified atom stereocenters. The zero-order valence-corrected chi connectivity index (χ0v) is 15.0. The van der Waals surface area contributed by atoms with Crippen molar-refractivity contribution in [1.29, 1.82) is 0 Å². The predicted molar refractivity (Wildman–Crippen MR) is 98.9 cm³/mol. The van der Waals surface area contributed by atoms with E-state index in [0.717, 1.165) is 6.26 Å². The summed E-state index contributed by atoms with van der Waals surface area (Å²) < 4.78 is 22.7. The number of benzene rings is 2. The first-order valence-corrected chi connectivity index (χ1v) is 9.84. The summed E-state index contributed by atoms with van der Waals surface area (Å²) in [5.74, 6) is -0.415. The molecule has 0 aliphatic rings. The highest BCUT2D eigenvalue weighted by Gasteiger charge is 2.09. The van der Waals surface area contributed by atoms with Gasteiger partial charge in [0.15, 0.2) is 9.84 Å². The third-order valence-corrected chi connectivity index (χ3v) is 4.29. The summed E-state index contributed by atoms with van der Waals surface area (Å²) in [5.41, 5.74) is 1.67. The molecule has 0 heterocycles. The fourth-order valence-electron chi connectivity index (χ4n) is 2.29. The minimum absolute atomic E-state index is 0.0119. The SMILES string of the molecule is CS(=O)(=O)Cc1cccc(C(=O)NCCNc2ccc([N+](=O)[O-])cc2)c1. The minimum atomic E-state index is -3.16. The molecule has 0 atom stereocenters. The van der Waals surface area contributed by atoms with Crippen LogP contribution in [-0.2, 0) is 15.6 Å². The van der Waals surface area contributed by atoms with Gasteiger partial charge in [-0.15, -0.1) is 0 Å². The molecule has 2 aromatic rings. The van der Waals surface area contributed by atoms with Crippen molar-refractivity contribution in [3.63, 3.8) is 0 Å². The Balaban J connectivity index is 1.83. The second kappa shape index (κ2) is 8.43. The number of sulfone groups is 1. The first-order chi connectivity index (χ1) is 12.2. The van der Waals surface area contributed by atoms with Crippen LogP contribution in [0.25, 0.3) is 0 Å². The molecule has 0 fully saturated rings. The summed E-state index contributed by atoms with van der Waals surface area (Å²) in [4.78, 5) is 22.2. The number of nitrogens with zero attached hydrogens (tertiary/aromatic N) is 1. The maximum Gasteiger partial charge on any atom is 0.269 e. The van der Waals surface area contributed by atoms with Gasteiger partial charge in [-0.05, 0) is 29.8 Å². The van der Waals surface area contributed by atoms with Crippen LogP contribution >= 0.6 is 0 Å². The zero-order valence-electron chi connectivity index (χ0n) is 14.1. The monoisotopic (exact) mass is 377 g/mol. The molecule has 0 aromatic heterocycles. The van der Waals surface area contributed by atoms with E-state index >= 15 is 0 Å². The second-order valence-electron chi connectivity index (χ2n) is 5.76. The number of carbonyl (C=O) groups excluding carboxylic acids is 1. The van der Waals surface area contributed by atoms with Crippen molar-refractivity contribution in [2.45, 2.75) is 5.75 Å². The standard InChI is InChI=1S/C17H19N3O5S/c1-26(24,25)12-13-3-2-4-14(11-13)17(21)19-10-9-18-15-5-7-16(8-6-15)20(22)23/h2-8,11,18H,9-10,12H2,1H3,(H,19,21). The first kappa shape index (κ1) is 19.4. The number of nitro benzene ring substituents is 1. The third-order valence-electron chi connectivity index (χ3n) is 3.44. The molecule has 1 amide bonds. The summed E-state index contributed by atoms with van der Waals surface area (Å²) in [6.07, 6.45) is 1.14. The largest absolute Gasteiger partial charge is 0.383 e. The first-order valence-electron chi connectivity index (χ1n) is 7.78. The molecule has 0 radical (unpaired) electrons. The Morgan fingerprint density at radius 3 is 2.42 bits per heavy atom. The lowest BCUT2D eigenvalue weighted by Gasteiger charge is -2.09. The highest BCUT2D eigenvalue weighted by atomic mass is 32.2. The average Bonchev–Trinajstić information content (AvgIpc) is 2.57. The smallest absolute Gasteiger partial charge is 0.269 e. The molecule has 0 saturated carbocycles. The number of hydrogen-bond donors (Lipinski definition) is 2. The van der Waals surface area contributed by atoms with Crippen LogP contribution in [0.5, 0.6) is 0 Å². The predicted octanol–water partition coefficient (Wildman–Crippen LogP) is 1.98. The van der Waals surface area contributed by atoms with E-state index in [1.165, 1.54) is 12.1 Å². The molecular formula is C17H19N3O5S. The Bertz CT molecular complexity index is 895. The van der Waals surface area contributed by atoms with Crippen molar-refractivity contribution in [3.05, 3.63) is 69.8 Å². The van der Waals surface area contributed by atoms with E-state index in [2.05, 4.69) is 10.6 Å². The molecule has 0 aliphatic heterocycles. The van der Waals surface area contributed by atoms with Crippen LogP contribution in [0.15, 0.2) is 48.5 Å². The molecule has 9 heteroatoms. The fourth-order valence-corrected chi connectivity index (χ4v) is 3.08.